The molecule has 2 amide bonds. The molecule has 3 N–H and O–H groups in total. The number of hydrogen-bond acceptors (Lipinski definition) is 5. The van der Waals surface area contributed by atoms with Gasteiger partial charge < -0.3 is 15.5 Å². The fourth-order valence-electron chi connectivity index (χ4n) is 2.73. The van der Waals surface area contributed by atoms with Crippen molar-refractivity contribution in [1.29, 1.82) is 0 Å². The molecule has 0 spiro atoms. The molecule has 1 aliphatic carbocycles. The van der Waals surface area contributed by atoms with E-state index in [4.69, 9.17) is 4.84 Å². The molecule has 7 nitrogen and oxygen atoms in total. The lowest BCUT2D eigenvalue weighted by Gasteiger charge is -2.33. The Kier molecular flexibility index (Phi) is 2.35. The van der Waals surface area contributed by atoms with Crippen molar-refractivity contribution in [2.45, 2.75) is 37.2 Å². The topological polar surface area (TPSA) is 99.1 Å². The molecular formula is C10H14N2O5. The molecule has 0 aromatic rings. The van der Waals surface area contributed by atoms with Crippen LogP contribution < -0.4 is 5.32 Å². The summed E-state index contributed by atoms with van der Waals surface area (Å²) in [6.45, 7) is 0.488. The Balaban J connectivity index is 1.74. The quantitative estimate of drug-likeness (QED) is 0.451. The first-order chi connectivity index (χ1) is 8.09. The predicted molar refractivity (Wildman–Crippen MR) is 53.3 cm³/mol. The van der Waals surface area contributed by atoms with Gasteiger partial charge in [0.1, 0.15) is 24.2 Å². The minimum atomic E-state index is -0.984. The number of nitrogens with zero attached hydrogens (tertiary/aromatic N) is 1. The minimum Gasteiger partial charge on any atom is -0.388 e. The summed E-state index contributed by atoms with van der Waals surface area (Å²) < 4.78 is 0. The van der Waals surface area contributed by atoms with Crippen molar-refractivity contribution in [2.24, 2.45) is 5.92 Å². The maximum absolute atomic E-state index is 12.0. The first kappa shape index (κ1) is 10.9. The van der Waals surface area contributed by atoms with E-state index in [9.17, 15) is 19.8 Å². The number of hydroxylamine groups is 2. The molecule has 5 atom stereocenters. The van der Waals surface area contributed by atoms with E-state index >= 15 is 0 Å². The summed E-state index contributed by atoms with van der Waals surface area (Å²) in [4.78, 5) is 28.7. The second-order valence-electron chi connectivity index (χ2n) is 4.72. The molecule has 2 aliphatic heterocycles. The molecule has 0 aromatic heterocycles. The number of amides is 2. The SMILES string of the molecule is O=C1NCCC1C(=O)N1O[C@@H]2C[C@H]1[C@@H](O)[C@H]2O. The van der Waals surface area contributed by atoms with Crippen LogP contribution in [0.25, 0.3) is 0 Å². The second kappa shape index (κ2) is 3.66. The monoisotopic (exact) mass is 242 g/mol. The average Bonchev–Trinajstić information content (AvgIpc) is 2.96. The Morgan fingerprint density at radius 2 is 2.18 bits per heavy atom. The highest BCUT2D eigenvalue weighted by molar-refractivity contribution is 6.01. The molecule has 2 heterocycles. The van der Waals surface area contributed by atoms with Crippen LogP contribution in [0.2, 0.25) is 0 Å². The van der Waals surface area contributed by atoms with Gasteiger partial charge in [-0.3, -0.25) is 14.4 Å². The summed E-state index contributed by atoms with van der Waals surface area (Å²) in [6.07, 6.45) is -1.59. The number of aliphatic hydroxyl groups is 2. The van der Waals surface area contributed by atoms with Gasteiger partial charge >= 0.3 is 0 Å². The summed E-state index contributed by atoms with van der Waals surface area (Å²) in [5, 5.41) is 22.9. The predicted octanol–water partition coefficient (Wildman–Crippen LogP) is -2.24. The van der Waals surface area contributed by atoms with Gasteiger partial charge in [0.2, 0.25) is 5.91 Å². The second-order valence-corrected chi connectivity index (χ2v) is 4.72. The molecule has 3 fully saturated rings. The van der Waals surface area contributed by atoms with Crippen molar-refractivity contribution in [3.63, 3.8) is 0 Å². The lowest BCUT2D eigenvalue weighted by Crippen LogP contribution is -2.52. The number of aliphatic hydroxyl groups excluding tert-OH is 2. The Bertz CT molecular complexity index is 372. The Labute approximate surface area is 97.3 Å². The third-order valence-corrected chi connectivity index (χ3v) is 3.71. The summed E-state index contributed by atoms with van der Waals surface area (Å²) in [5.41, 5.74) is 0. The van der Waals surface area contributed by atoms with Gasteiger partial charge in [0.15, 0.2) is 0 Å². The molecule has 17 heavy (non-hydrogen) atoms. The zero-order valence-corrected chi connectivity index (χ0v) is 9.07. The largest absolute Gasteiger partial charge is 0.388 e. The molecule has 2 bridgehead atoms. The van der Waals surface area contributed by atoms with E-state index in [-0.39, 0.29) is 5.91 Å². The number of carbonyl (C=O) groups excluding carboxylic acids is 2. The third kappa shape index (κ3) is 1.46. The molecule has 2 saturated heterocycles. The van der Waals surface area contributed by atoms with Crippen molar-refractivity contribution in [1.82, 2.24) is 10.4 Å². The van der Waals surface area contributed by atoms with E-state index in [1.165, 1.54) is 0 Å². The van der Waals surface area contributed by atoms with Gasteiger partial charge in [0, 0.05) is 13.0 Å². The number of carbonyl (C=O) groups is 2. The molecule has 7 heteroatoms. The average molecular weight is 242 g/mol. The highest BCUT2D eigenvalue weighted by Crippen LogP contribution is 2.37. The van der Waals surface area contributed by atoms with Crippen molar-refractivity contribution in [3.05, 3.63) is 0 Å². The standard InChI is InChI=1S/C10H14N2O5/c13-7-5-3-6(8(7)14)17-12(5)10(16)4-1-2-11-9(4)15/h4-8,13-14H,1-3H2,(H,11,15)/t4?,5-,6+,7+,8-/m0/s1. The van der Waals surface area contributed by atoms with Gasteiger partial charge in [-0.15, -0.1) is 0 Å². The van der Waals surface area contributed by atoms with Gasteiger partial charge in [-0.25, -0.2) is 5.06 Å². The summed E-state index contributed by atoms with van der Waals surface area (Å²) >= 11 is 0. The van der Waals surface area contributed by atoms with Crippen LogP contribution in [0.15, 0.2) is 0 Å². The van der Waals surface area contributed by atoms with Crippen LogP contribution in [0, 0.1) is 5.92 Å². The fourth-order valence-corrected chi connectivity index (χ4v) is 2.73. The fraction of sp³-hybridized carbons (Fsp3) is 0.800. The van der Waals surface area contributed by atoms with Gasteiger partial charge in [-0.2, -0.15) is 0 Å². The highest BCUT2D eigenvalue weighted by atomic mass is 16.7. The molecule has 0 aromatic carbocycles. The lowest BCUT2D eigenvalue weighted by atomic mass is 10.1. The first-order valence-electron chi connectivity index (χ1n) is 5.73. The van der Waals surface area contributed by atoms with E-state index in [0.717, 1.165) is 5.06 Å². The molecule has 0 radical (unpaired) electrons. The number of nitrogens with one attached hydrogen (secondary N) is 1. The van der Waals surface area contributed by atoms with Crippen LogP contribution in [0.1, 0.15) is 12.8 Å². The van der Waals surface area contributed by atoms with Gasteiger partial charge in [0.05, 0.1) is 6.04 Å². The van der Waals surface area contributed by atoms with Crippen LogP contribution in [0.4, 0.5) is 0 Å². The number of hydrogen-bond donors (Lipinski definition) is 3. The van der Waals surface area contributed by atoms with Crippen molar-refractivity contribution in [3.8, 4) is 0 Å². The van der Waals surface area contributed by atoms with Gasteiger partial charge in [-0.05, 0) is 6.42 Å². The molecule has 94 valence electrons. The van der Waals surface area contributed by atoms with E-state index in [1.54, 1.807) is 0 Å². The Morgan fingerprint density at radius 3 is 2.71 bits per heavy atom. The Hall–Kier alpha value is -1.18. The van der Waals surface area contributed by atoms with E-state index in [2.05, 4.69) is 5.32 Å². The maximum atomic E-state index is 12.0. The summed E-state index contributed by atoms with van der Waals surface area (Å²) in [6, 6.07) is -0.532. The maximum Gasteiger partial charge on any atom is 0.259 e. The normalized spacial score (nSPS) is 44.2. The molecule has 3 rings (SSSR count). The number of fused-ring (bicyclic) bond motifs is 2. The molecule has 3 aliphatic rings. The van der Waals surface area contributed by atoms with E-state index in [0.29, 0.717) is 19.4 Å². The van der Waals surface area contributed by atoms with Crippen LogP contribution in [-0.4, -0.2) is 58.0 Å². The third-order valence-electron chi connectivity index (χ3n) is 3.71. The lowest BCUT2D eigenvalue weighted by molar-refractivity contribution is -0.241. The first-order valence-corrected chi connectivity index (χ1v) is 5.73. The highest BCUT2D eigenvalue weighted by Gasteiger charge is 2.55. The Morgan fingerprint density at radius 1 is 1.41 bits per heavy atom. The van der Waals surface area contributed by atoms with Crippen LogP contribution in [0.3, 0.4) is 0 Å². The molecular weight excluding hydrogens is 228 g/mol. The zero-order chi connectivity index (χ0) is 12.2. The van der Waals surface area contributed by atoms with Crippen LogP contribution >= 0.6 is 0 Å². The number of rotatable bonds is 1. The smallest absolute Gasteiger partial charge is 0.259 e. The molecule has 1 unspecified atom stereocenters. The van der Waals surface area contributed by atoms with Gasteiger partial charge in [-0.1, -0.05) is 0 Å². The van der Waals surface area contributed by atoms with E-state index < -0.39 is 36.2 Å². The summed E-state index contributed by atoms with van der Waals surface area (Å²) in [7, 11) is 0. The van der Waals surface area contributed by atoms with Crippen LogP contribution in [-0.2, 0) is 14.4 Å². The zero-order valence-electron chi connectivity index (χ0n) is 9.07. The minimum absolute atomic E-state index is 0.295. The van der Waals surface area contributed by atoms with Crippen molar-refractivity contribution >= 4 is 11.8 Å². The van der Waals surface area contributed by atoms with Crippen LogP contribution in [0.5, 0.6) is 0 Å². The van der Waals surface area contributed by atoms with Crippen molar-refractivity contribution in [2.75, 3.05) is 6.54 Å². The molecule has 1 saturated carbocycles. The van der Waals surface area contributed by atoms with Crippen molar-refractivity contribution < 1.29 is 24.6 Å². The summed E-state index contributed by atoms with van der Waals surface area (Å²) in [5.74, 6) is -1.44. The van der Waals surface area contributed by atoms with E-state index in [1.807, 2.05) is 0 Å². The van der Waals surface area contributed by atoms with Gasteiger partial charge in [0.25, 0.3) is 5.91 Å².